The number of nitrogens with one attached hydrogen (secondary N) is 1. The number of nitrogens with two attached hydrogens (primary N) is 1. The van der Waals surface area contributed by atoms with Gasteiger partial charge in [-0.15, -0.1) is 12.4 Å². The number of halogens is 2. The Kier molecular flexibility index (Phi) is 8.15. The summed E-state index contributed by atoms with van der Waals surface area (Å²) in [4.78, 5) is 26.0. The molecule has 1 aromatic rings. The van der Waals surface area contributed by atoms with E-state index in [9.17, 15) is 14.0 Å². The number of carbonyl (C=O) groups is 2. The molecule has 0 aromatic heterocycles. The van der Waals surface area contributed by atoms with Crippen LogP contribution in [0.3, 0.4) is 0 Å². The van der Waals surface area contributed by atoms with Crippen LogP contribution >= 0.6 is 12.4 Å². The molecule has 0 saturated carbocycles. The first kappa shape index (κ1) is 20.4. The molecule has 2 amide bonds. The highest BCUT2D eigenvalue weighted by molar-refractivity contribution is 5.85. The van der Waals surface area contributed by atoms with Gasteiger partial charge in [0.2, 0.25) is 11.8 Å². The van der Waals surface area contributed by atoms with Crippen molar-refractivity contribution in [3.8, 4) is 0 Å². The van der Waals surface area contributed by atoms with Crippen LogP contribution in [-0.4, -0.2) is 36.3 Å². The van der Waals surface area contributed by atoms with E-state index in [1.54, 1.807) is 17.0 Å². The summed E-state index contributed by atoms with van der Waals surface area (Å²) in [7, 11) is 0. The quantitative estimate of drug-likeness (QED) is 0.842. The Balaban J connectivity index is 0.00000288. The minimum absolute atomic E-state index is 0. The summed E-state index contributed by atoms with van der Waals surface area (Å²) in [5.74, 6) is -0.471. The van der Waals surface area contributed by atoms with Crippen LogP contribution in [0.5, 0.6) is 0 Å². The highest BCUT2D eigenvalue weighted by Crippen LogP contribution is 2.19. The summed E-state index contributed by atoms with van der Waals surface area (Å²) in [5, 5.41) is 2.88. The third-order valence-electron chi connectivity index (χ3n) is 4.33. The predicted octanol–water partition coefficient (Wildman–Crippen LogP) is 1.70. The standard InChI is InChI=1S/C17H24FN3O2.ClH/c1-12(10-19)17(23)21-8-6-14(7-9-21)16(22)20-11-13-2-4-15(18)5-3-13;/h2-5,12,14H,6-11,19H2,1H3,(H,20,22);1H. The van der Waals surface area contributed by atoms with Gasteiger partial charge in [-0.3, -0.25) is 9.59 Å². The molecule has 7 heteroatoms. The number of benzene rings is 1. The molecular formula is C17H25ClFN3O2. The van der Waals surface area contributed by atoms with Crippen molar-refractivity contribution < 1.29 is 14.0 Å². The van der Waals surface area contributed by atoms with Gasteiger partial charge in [0.15, 0.2) is 0 Å². The van der Waals surface area contributed by atoms with Gasteiger partial charge in [-0.2, -0.15) is 0 Å². The molecule has 1 heterocycles. The van der Waals surface area contributed by atoms with Gasteiger partial charge < -0.3 is 16.0 Å². The second-order valence-electron chi connectivity index (χ2n) is 6.08. The van der Waals surface area contributed by atoms with Gasteiger partial charge in [0.25, 0.3) is 0 Å². The summed E-state index contributed by atoms with van der Waals surface area (Å²) < 4.78 is 12.8. The van der Waals surface area contributed by atoms with Crippen LogP contribution in [0.2, 0.25) is 0 Å². The highest BCUT2D eigenvalue weighted by Gasteiger charge is 2.28. The number of rotatable bonds is 5. The van der Waals surface area contributed by atoms with Gasteiger partial charge in [-0.25, -0.2) is 4.39 Å². The molecular weight excluding hydrogens is 333 g/mol. The molecule has 24 heavy (non-hydrogen) atoms. The Hall–Kier alpha value is -1.66. The Labute approximate surface area is 148 Å². The number of amides is 2. The average molecular weight is 358 g/mol. The number of hydrogen-bond donors (Lipinski definition) is 2. The molecule has 134 valence electrons. The van der Waals surface area contributed by atoms with E-state index in [0.717, 1.165) is 5.56 Å². The Morgan fingerprint density at radius 1 is 1.29 bits per heavy atom. The van der Waals surface area contributed by atoms with Crippen LogP contribution in [-0.2, 0) is 16.1 Å². The second-order valence-corrected chi connectivity index (χ2v) is 6.08. The van der Waals surface area contributed by atoms with E-state index in [2.05, 4.69) is 5.32 Å². The normalized spacial score (nSPS) is 16.2. The first-order chi connectivity index (χ1) is 11.0. The molecule has 1 unspecified atom stereocenters. The van der Waals surface area contributed by atoms with Crippen molar-refractivity contribution >= 4 is 24.2 Å². The summed E-state index contributed by atoms with van der Waals surface area (Å²) in [6.45, 7) is 3.75. The minimum Gasteiger partial charge on any atom is -0.352 e. The number of nitrogens with zero attached hydrogens (tertiary/aromatic N) is 1. The molecule has 1 aromatic carbocycles. The van der Waals surface area contributed by atoms with E-state index in [1.807, 2.05) is 6.92 Å². The molecule has 1 atom stereocenters. The zero-order valence-electron chi connectivity index (χ0n) is 13.8. The molecule has 0 spiro atoms. The first-order valence-electron chi connectivity index (χ1n) is 8.02. The van der Waals surface area contributed by atoms with Gasteiger partial charge in [0.05, 0.1) is 0 Å². The largest absolute Gasteiger partial charge is 0.352 e. The predicted molar refractivity (Wildman–Crippen MR) is 93.0 cm³/mol. The van der Waals surface area contributed by atoms with Gasteiger partial charge >= 0.3 is 0 Å². The lowest BCUT2D eigenvalue weighted by atomic mass is 9.95. The number of hydrogen-bond acceptors (Lipinski definition) is 3. The van der Waals surface area contributed by atoms with Crippen LogP contribution in [0.25, 0.3) is 0 Å². The number of piperidine rings is 1. The maximum Gasteiger partial charge on any atom is 0.226 e. The van der Waals surface area contributed by atoms with Crippen molar-refractivity contribution in [1.29, 1.82) is 0 Å². The molecule has 0 bridgehead atoms. The Morgan fingerprint density at radius 2 is 1.88 bits per heavy atom. The number of carbonyl (C=O) groups excluding carboxylic acids is 2. The molecule has 0 radical (unpaired) electrons. The Bertz CT molecular complexity index is 545. The van der Waals surface area contributed by atoms with E-state index >= 15 is 0 Å². The third kappa shape index (κ3) is 5.46. The fourth-order valence-electron chi connectivity index (χ4n) is 2.71. The molecule has 1 saturated heterocycles. The summed E-state index contributed by atoms with van der Waals surface area (Å²) >= 11 is 0. The van der Waals surface area contributed by atoms with Crippen molar-refractivity contribution in [3.63, 3.8) is 0 Å². The van der Waals surface area contributed by atoms with E-state index < -0.39 is 0 Å². The number of likely N-dealkylation sites (tertiary alicyclic amines) is 1. The van der Waals surface area contributed by atoms with Crippen LogP contribution in [0.1, 0.15) is 25.3 Å². The molecule has 1 aliphatic heterocycles. The minimum atomic E-state index is -0.288. The van der Waals surface area contributed by atoms with Gasteiger partial charge in [0.1, 0.15) is 5.82 Å². The zero-order chi connectivity index (χ0) is 16.8. The van der Waals surface area contributed by atoms with Crippen molar-refractivity contribution in [2.45, 2.75) is 26.3 Å². The summed E-state index contributed by atoms with van der Waals surface area (Å²) in [6, 6.07) is 6.07. The van der Waals surface area contributed by atoms with Crippen LogP contribution in [0, 0.1) is 17.7 Å². The molecule has 1 fully saturated rings. The lowest BCUT2D eigenvalue weighted by Crippen LogP contribution is -2.45. The van der Waals surface area contributed by atoms with E-state index in [4.69, 9.17) is 5.73 Å². The summed E-state index contributed by atoms with van der Waals surface area (Å²) in [6.07, 6.45) is 1.33. The van der Waals surface area contributed by atoms with Crippen molar-refractivity contribution in [2.75, 3.05) is 19.6 Å². The van der Waals surface area contributed by atoms with Gasteiger partial charge in [0, 0.05) is 38.0 Å². The maximum absolute atomic E-state index is 12.8. The van der Waals surface area contributed by atoms with E-state index in [1.165, 1.54) is 12.1 Å². The first-order valence-corrected chi connectivity index (χ1v) is 8.02. The molecule has 3 N–H and O–H groups in total. The smallest absolute Gasteiger partial charge is 0.226 e. The fraction of sp³-hybridized carbons (Fsp3) is 0.529. The summed E-state index contributed by atoms with van der Waals surface area (Å²) in [5.41, 5.74) is 6.39. The van der Waals surface area contributed by atoms with Crippen LogP contribution < -0.4 is 11.1 Å². The molecule has 5 nitrogen and oxygen atoms in total. The SMILES string of the molecule is CC(CN)C(=O)N1CCC(C(=O)NCc2ccc(F)cc2)CC1.Cl. The van der Waals surface area contributed by atoms with Gasteiger partial charge in [-0.05, 0) is 30.5 Å². The van der Waals surface area contributed by atoms with E-state index in [0.29, 0.717) is 39.0 Å². The topological polar surface area (TPSA) is 75.4 Å². The monoisotopic (exact) mass is 357 g/mol. The van der Waals surface area contributed by atoms with Crippen molar-refractivity contribution in [1.82, 2.24) is 10.2 Å². The fourth-order valence-corrected chi connectivity index (χ4v) is 2.71. The van der Waals surface area contributed by atoms with Crippen LogP contribution in [0.15, 0.2) is 24.3 Å². The maximum atomic E-state index is 12.8. The van der Waals surface area contributed by atoms with Gasteiger partial charge in [-0.1, -0.05) is 19.1 Å². The highest BCUT2D eigenvalue weighted by atomic mass is 35.5. The second kappa shape index (κ2) is 9.59. The lowest BCUT2D eigenvalue weighted by molar-refractivity contribution is -0.138. The average Bonchev–Trinajstić information content (AvgIpc) is 2.59. The lowest BCUT2D eigenvalue weighted by Gasteiger charge is -2.32. The van der Waals surface area contributed by atoms with E-state index in [-0.39, 0.29) is 41.9 Å². The van der Waals surface area contributed by atoms with Crippen LogP contribution in [0.4, 0.5) is 4.39 Å². The van der Waals surface area contributed by atoms with Crippen molar-refractivity contribution in [2.24, 2.45) is 17.6 Å². The molecule has 1 aliphatic rings. The molecule has 0 aliphatic carbocycles. The van der Waals surface area contributed by atoms with Crippen molar-refractivity contribution in [3.05, 3.63) is 35.6 Å². The molecule has 2 rings (SSSR count). The Morgan fingerprint density at radius 3 is 2.42 bits per heavy atom. The third-order valence-corrected chi connectivity index (χ3v) is 4.33. The zero-order valence-corrected chi connectivity index (χ0v) is 14.7.